The van der Waals surface area contributed by atoms with E-state index >= 15 is 0 Å². The predicted molar refractivity (Wildman–Crippen MR) is 84.9 cm³/mol. The molecule has 2 atom stereocenters. The van der Waals surface area contributed by atoms with Crippen molar-refractivity contribution in [2.75, 3.05) is 39.6 Å². The lowest BCUT2D eigenvalue weighted by molar-refractivity contribution is -0.0533. The fraction of sp³-hybridized carbons (Fsp3) is 0.647. The molecule has 6 nitrogen and oxygen atoms in total. The molecule has 1 aromatic carbocycles. The van der Waals surface area contributed by atoms with Gasteiger partial charge in [0.15, 0.2) is 11.5 Å². The third-order valence-corrected chi connectivity index (χ3v) is 3.32. The van der Waals surface area contributed by atoms with Gasteiger partial charge in [0.25, 0.3) is 0 Å². The van der Waals surface area contributed by atoms with Crippen LogP contribution in [0.2, 0.25) is 0 Å². The van der Waals surface area contributed by atoms with E-state index in [1.54, 1.807) is 12.1 Å². The van der Waals surface area contributed by atoms with E-state index in [2.05, 4.69) is 0 Å². The minimum atomic E-state index is -0.726. The highest BCUT2D eigenvalue weighted by Gasteiger charge is 2.21. The maximum Gasteiger partial charge on any atom is 0.161 e. The Morgan fingerprint density at radius 2 is 1.26 bits per heavy atom. The van der Waals surface area contributed by atoms with Gasteiger partial charge in [-0.3, -0.25) is 0 Å². The number of ether oxygens (including phenoxy) is 4. The Bertz CT molecular complexity index is 435. The first-order chi connectivity index (χ1) is 11.0. The average Bonchev–Trinajstić information content (AvgIpc) is 2.51. The van der Waals surface area contributed by atoms with Gasteiger partial charge in [-0.1, -0.05) is 26.0 Å². The molecule has 1 aliphatic heterocycles. The second kappa shape index (κ2) is 8.49. The van der Waals surface area contributed by atoms with Gasteiger partial charge in [-0.2, -0.15) is 0 Å². The first-order valence-corrected chi connectivity index (χ1v) is 7.82. The molecule has 0 saturated carbocycles. The summed E-state index contributed by atoms with van der Waals surface area (Å²) < 4.78 is 22.3. The van der Waals surface area contributed by atoms with Crippen molar-refractivity contribution in [3.63, 3.8) is 0 Å². The number of aliphatic hydroxyl groups is 2. The Labute approximate surface area is 136 Å². The monoisotopic (exact) mass is 326 g/mol. The number of hydrogen-bond acceptors (Lipinski definition) is 6. The second-order valence-corrected chi connectivity index (χ2v) is 6.57. The summed E-state index contributed by atoms with van der Waals surface area (Å²) in [6.45, 7) is 5.52. The van der Waals surface area contributed by atoms with Crippen LogP contribution in [0.4, 0.5) is 0 Å². The highest BCUT2D eigenvalue weighted by molar-refractivity contribution is 5.39. The first-order valence-electron chi connectivity index (χ1n) is 7.82. The second-order valence-electron chi connectivity index (χ2n) is 6.57. The van der Waals surface area contributed by atoms with Gasteiger partial charge in [-0.05, 0) is 12.1 Å². The van der Waals surface area contributed by atoms with Crippen LogP contribution in [0, 0.1) is 5.41 Å². The van der Waals surface area contributed by atoms with Crippen molar-refractivity contribution in [3.05, 3.63) is 24.3 Å². The topological polar surface area (TPSA) is 77.4 Å². The van der Waals surface area contributed by atoms with Crippen molar-refractivity contribution in [1.29, 1.82) is 0 Å². The van der Waals surface area contributed by atoms with E-state index in [-0.39, 0.29) is 31.8 Å². The van der Waals surface area contributed by atoms with Gasteiger partial charge in [0.2, 0.25) is 0 Å². The fourth-order valence-electron chi connectivity index (χ4n) is 2.14. The molecule has 0 aromatic heterocycles. The smallest absolute Gasteiger partial charge is 0.161 e. The Hall–Kier alpha value is -1.34. The van der Waals surface area contributed by atoms with Crippen LogP contribution in [0.5, 0.6) is 11.5 Å². The standard InChI is InChI=1S/C17H26O6/c1-17(2)11-20-7-13(18)9-22-15-5-3-4-6-16(15)23-10-14(19)8-21-12-17/h3-6,13-14,18-19H,7-12H2,1-2H3. The first kappa shape index (κ1) is 18.0. The van der Waals surface area contributed by atoms with Gasteiger partial charge >= 0.3 is 0 Å². The fourth-order valence-corrected chi connectivity index (χ4v) is 2.14. The molecule has 2 N–H and O–H groups in total. The molecule has 23 heavy (non-hydrogen) atoms. The molecular formula is C17H26O6. The summed E-state index contributed by atoms with van der Waals surface area (Å²) in [7, 11) is 0. The lowest BCUT2D eigenvalue weighted by atomic mass is 9.96. The molecule has 6 heteroatoms. The molecule has 1 aromatic rings. The van der Waals surface area contributed by atoms with E-state index in [1.807, 2.05) is 26.0 Å². The van der Waals surface area contributed by atoms with Crippen LogP contribution in [0.25, 0.3) is 0 Å². The third-order valence-electron chi connectivity index (χ3n) is 3.32. The molecule has 2 rings (SSSR count). The van der Waals surface area contributed by atoms with Gasteiger partial charge in [-0.15, -0.1) is 0 Å². The summed E-state index contributed by atoms with van der Waals surface area (Å²) in [6.07, 6.45) is -1.45. The third kappa shape index (κ3) is 6.35. The van der Waals surface area contributed by atoms with Crippen molar-refractivity contribution in [2.45, 2.75) is 26.1 Å². The zero-order valence-electron chi connectivity index (χ0n) is 13.7. The van der Waals surface area contributed by atoms with E-state index in [0.29, 0.717) is 24.7 Å². The van der Waals surface area contributed by atoms with E-state index < -0.39 is 12.2 Å². The molecule has 0 radical (unpaired) electrons. The normalized spacial score (nSPS) is 26.8. The molecule has 1 heterocycles. The van der Waals surface area contributed by atoms with Crippen LogP contribution >= 0.6 is 0 Å². The Morgan fingerprint density at radius 3 is 1.70 bits per heavy atom. The van der Waals surface area contributed by atoms with Crippen LogP contribution in [0.3, 0.4) is 0 Å². The van der Waals surface area contributed by atoms with Gasteiger partial charge in [0.1, 0.15) is 25.4 Å². The van der Waals surface area contributed by atoms with Crippen LogP contribution in [0.1, 0.15) is 13.8 Å². The number of fused-ring (bicyclic) bond motifs is 1. The molecule has 0 fully saturated rings. The molecule has 0 spiro atoms. The number of hydrogen-bond donors (Lipinski definition) is 2. The number of aliphatic hydroxyl groups excluding tert-OH is 2. The van der Waals surface area contributed by atoms with E-state index in [1.165, 1.54) is 0 Å². The summed E-state index contributed by atoms with van der Waals surface area (Å²) >= 11 is 0. The minimum absolute atomic E-state index is 0.111. The lowest BCUT2D eigenvalue weighted by Crippen LogP contribution is -2.31. The zero-order valence-corrected chi connectivity index (χ0v) is 13.7. The summed E-state index contributed by atoms with van der Waals surface area (Å²) in [5.41, 5.74) is -0.204. The number of benzene rings is 1. The van der Waals surface area contributed by atoms with Gasteiger partial charge in [-0.25, -0.2) is 0 Å². The van der Waals surface area contributed by atoms with Crippen LogP contribution in [-0.4, -0.2) is 62.1 Å². The molecule has 0 amide bonds. The van der Waals surface area contributed by atoms with Crippen molar-refractivity contribution < 1.29 is 29.2 Å². The quantitative estimate of drug-likeness (QED) is 0.747. The van der Waals surface area contributed by atoms with Crippen molar-refractivity contribution >= 4 is 0 Å². The van der Waals surface area contributed by atoms with E-state index in [4.69, 9.17) is 18.9 Å². The summed E-state index contributed by atoms with van der Waals surface area (Å²) in [5, 5.41) is 19.9. The van der Waals surface area contributed by atoms with Crippen molar-refractivity contribution in [2.24, 2.45) is 5.41 Å². The Morgan fingerprint density at radius 1 is 0.826 bits per heavy atom. The van der Waals surface area contributed by atoms with Gasteiger partial charge in [0.05, 0.1) is 26.4 Å². The summed E-state index contributed by atoms with van der Waals surface area (Å²) in [6, 6.07) is 7.16. The number of rotatable bonds is 0. The molecule has 130 valence electrons. The average molecular weight is 326 g/mol. The highest BCUT2D eigenvalue weighted by Crippen LogP contribution is 2.27. The maximum absolute atomic E-state index is 9.95. The van der Waals surface area contributed by atoms with Crippen molar-refractivity contribution in [1.82, 2.24) is 0 Å². The minimum Gasteiger partial charge on any atom is -0.487 e. The number of para-hydroxylation sites is 2. The van der Waals surface area contributed by atoms with Crippen LogP contribution in [0.15, 0.2) is 24.3 Å². The van der Waals surface area contributed by atoms with E-state index in [0.717, 1.165) is 0 Å². The SMILES string of the molecule is CC1(C)COCC(O)COc2ccccc2OCC(O)COC1. The highest BCUT2D eigenvalue weighted by atomic mass is 16.5. The molecule has 0 saturated heterocycles. The Balaban J connectivity index is 2.03. The summed E-state index contributed by atoms with van der Waals surface area (Å²) in [4.78, 5) is 0. The predicted octanol–water partition coefficient (Wildman–Crippen LogP) is 1.24. The molecule has 1 aliphatic rings. The molecule has 0 bridgehead atoms. The molecule has 0 aliphatic carbocycles. The van der Waals surface area contributed by atoms with E-state index in [9.17, 15) is 10.2 Å². The van der Waals surface area contributed by atoms with Crippen LogP contribution < -0.4 is 9.47 Å². The lowest BCUT2D eigenvalue weighted by Gasteiger charge is -2.25. The molecular weight excluding hydrogens is 300 g/mol. The van der Waals surface area contributed by atoms with Crippen LogP contribution in [-0.2, 0) is 9.47 Å². The van der Waals surface area contributed by atoms with Gasteiger partial charge in [0, 0.05) is 5.41 Å². The zero-order chi connectivity index (χ0) is 16.7. The Kier molecular flexibility index (Phi) is 6.65. The maximum atomic E-state index is 9.95. The van der Waals surface area contributed by atoms with Crippen molar-refractivity contribution in [3.8, 4) is 11.5 Å². The largest absolute Gasteiger partial charge is 0.487 e. The van der Waals surface area contributed by atoms with Gasteiger partial charge < -0.3 is 29.2 Å². The molecule has 2 unspecified atom stereocenters. The summed E-state index contributed by atoms with van der Waals surface area (Å²) in [5.74, 6) is 1.05.